The van der Waals surface area contributed by atoms with Gasteiger partial charge in [0, 0.05) is 18.5 Å². The van der Waals surface area contributed by atoms with Gasteiger partial charge >= 0.3 is 5.69 Å². The molecule has 1 heterocycles. The topological polar surface area (TPSA) is 153 Å². The molecule has 146 valence electrons. The van der Waals surface area contributed by atoms with Crippen LogP contribution in [0.3, 0.4) is 0 Å². The number of carbonyl (C=O) groups is 1. The Kier molecular flexibility index (Phi) is 5.30. The highest BCUT2D eigenvalue weighted by Crippen LogP contribution is 2.33. The van der Waals surface area contributed by atoms with Gasteiger partial charge in [0.2, 0.25) is 5.75 Å². The molecule has 3 rings (SSSR count). The molecule has 11 heteroatoms. The molecule has 11 nitrogen and oxygen atoms in total. The monoisotopic (exact) mass is 395 g/mol. The molecular weight excluding hydrogens is 382 g/mol. The maximum Gasteiger partial charge on any atom is 0.318 e. The summed E-state index contributed by atoms with van der Waals surface area (Å²) < 4.78 is 1.73. The van der Waals surface area contributed by atoms with Crippen LogP contribution in [0.15, 0.2) is 66.0 Å². The quantitative estimate of drug-likeness (QED) is 0.372. The molecule has 0 saturated carbocycles. The van der Waals surface area contributed by atoms with Crippen LogP contribution < -0.4 is 5.43 Å². The van der Waals surface area contributed by atoms with Crippen LogP contribution in [0.25, 0.3) is 5.69 Å². The van der Waals surface area contributed by atoms with Crippen molar-refractivity contribution in [1.82, 2.24) is 9.99 Å². The standard InChI is InChI=1S/C18H13N5O6/c24-17-12(9-13(22(26)27)10-16(17)23(28)29)11-19-20-18(25)14-5-1-2-6-15(14)21-7-3-4-8-21/h1-11,24H,(H,20,25)/b19-11+. The van der Waals surface area contributed by atoms with Crippen LogP contribution in [0, 0.1) is 20.2 Å². The molecular formula is C18H13N5O6. The number of aromatic hydroxyl groups is 1. The zero-order valence-electron chi connectivity index (χ0n) is 14.6. The summed E-state index contributed by atoms with van der Waals surface area (Å²) in [5.41, 5.74) is 1.41. The third-order valence-electron chi connectivity index (χ3n) is 3.91. The molecule has 0 spiro atoms. The molecule has 0 aliphatic rings. The van der Waals surface area contributed by atoms with Gasteiger partial charge in [-0.1, -0.05) is 12.1 Å². The lowest BCUT2D eigenvalue weighted by Crippen LogP contribution is -2.19. The molecule has 1 amide bonds. The molecule has 2 aromatic carbocycles. The number of hydrogen-bond donors (Lipinski definition) is 2. The fourth-order valence-electron chi connectivity index (χ4n) is 2.58. The van der Waals surface area contributed by atoms with Crippen LogP contribution >= 0.6 is 0 Å². The summed E-state index contributed by atoms with van der Waals surface area (Å²) in [5, 5.41) is 35.5. The van der Waals surface area contributed by atoms with Crippen LogP contribution in [0.1, 0.15) is 15.9 Å². The summed E-state index contributed by atoms with van der Waals surface area (Å²) in [6.07, 6.45) is 4.41. The Hall–Kier alpha value is -4.54. The van der Waals surface area contributed by atoms with Crippen molar-refractivity contribution < 1.29 is 19.7 Å². The van der Waals surface area contributed by atoms with E-state index in [1.54, 1.807) is 53.4 Å². The first-order valence-electron chi connectivity index (χ1n) is 8.10. The van der Waals surface area contributed by atoms with Crippen molar-refractivity contribution in [2.45, 2.75) is 0 Å². The zero-order chi connectivity index (χ0) is 21.0. The van der Waals surface area contributed by atoms with Crippen LogP contribution in [-0.4, -0.2) is 31.6 Å². The third kappa shape index (κ3) is 4.08. The molecule has 1 aromatic heterocycles. The molecule has 0 saturated heterocycles. The van der Waals surface area contributed by atoms with Gasteiger partial charge < -0.3 is 9.67 Å². The van der Waals surface area contributed by atoms with Crippen molar-refractivity contribution in [2.75, 3.05) is 0 Å². The molecule has 0 unspecified atom stereocenters. The second-order valence-corrected chi connectivity index (χ2v) is 5.72. The highest BCUT2D eigenvalue weighted by molar-refractivity contribution is 5.98. The van der Waals surface area contributed by atoms with Gasteiger partial charge in [-0.05, 0) is 24.3 Å². The molecule has 0 aliphatic heterocycles. The summed E-state index contributed by atoms with van der Waals surface area (Å²) >= 11 is 0. The summed E-state index contributed by atoms with van der Waals surface area (Å²) in [4.78, 5) is 32.6. The average Bonchev–Trinajstić information content (AvgIpc) is 3.23. The van der Waals surface area contributed by atoms with Crippen LogP contribution in [0.2, 0.25) is 0 Å². The van der Waals surface area contributed by atoms with Gasteiger partial charge in [0.1, 0.15) is 0 Å². The van der Waals surface area contributed by atoms with E-state index >= 15 is 0 Å². The first-order valence-corrected chi connectivity index (χ1v) is 8.10. The van der Waals surface area contributed by atoms with Gasteiger partial charge in [-0.2, -0.15) is 5.10 Å². The fraction of sp³-hybridized carbons (Fsp3) is 0. The Morgan fingerprint density at radius 2 is 1.76 bits per heavy atom. The Bertz CT molecular complexity index is 1120. The number of carbonyl (C=O) groups excluding carboxylic acids is 1. The van der Waals surface area contributed by atoms with Gasteiger partial charge in [-0.15, -0.1) is 0 Å². The van der Waals surface area contributed by atoms with Crippen molar-refractivity contribution in [3.8, 4) is 11.4 Å². The Morgan fingerprint density at radius 1 is 1.07 bits per heavy atom. The van der Waals surface area contributed by atoms with E-state index in [1.807, 2.05) is 0 Å². The van der Waals surface area contributed by atoms with Gasteiger partial charge in [0.25, 0.3) is 11.6 Å². The smallest absolute Gasteiger partial charge is 0.318 e. The number of phenolic OH excluding ortho intramolecular Hbond substituents is 1. The van der Waals surface area contributed by atoms with E-state index < -0.39 is 32.9 Å². The van der Waals surface area contributed by atoms with Gasteiger partial charge in [0.15, 0.2) is 0 Å². The molecule has 29 heavy (non-hydrogen) atoms. The number of rotatable bonds is 6. The van der Waals surface area contributed by atoms with Crippen molar-refractivity contribution in [1.29, 1.82) is 0 Å². The van der Waals surface area contributed by atoms with E-state index in [0.29, 0.717) is 17.3 Å². The molecule has 0 fully saturated rings. The number of non-ortho nitro benzene ring substituents is 1. The first kappa shape index (κ1) is 19.2. The number of nitro benzene ring substituents is 2. The van der Waals surface area contributed by atoms with Crippen LogP contribution in [0.4, 0.5) is 11.4 Å². The number of hydrogen-bond acceptors (Lipinski definition) is 7. The minimum absolute atomic E-state index is 0.287. The summed E-state index contributed by atoms with van der Waals surface area (Å²) in [6, 6.07) is 11.9. The first-order chi connectivity index (χ1) is 13.9. The molecule has 0 radical (unpaired) electrons. The Labute approximate surface area is 162 Å². The van der Waals surface area contributed by atoms with Gasteiger partial charge in [0.05, 0.1) is 38.9 Å². The zero-order valence-corrected chi connectivity index (χ0v) is 14.6. The van der Waals surface area contributed by atoms with Gasteiger partial charge in [-0.25, -0.2) is 5.43 Å². The van der Waals surface area contributed by atoms with E-state index in [4.69, 9.17) is 0 Å². The highest BCUT2D eigenvalue weighted by atomic mass is 16.6. The third-order valence-corrected chi connectivity index (χ3v) is 3.91. The van der Waals surface area contributed by atoms with Crippen molar-refractivity contribution in [3.05, 3.63) is 92.3 Å². The number of phenols is 1. The predicted octanol–water partition coefficient (Wildman–Crippen LogP) is 2.76. The molecule has 2 N–H and O–H groups in total. The number of amides is 1. The van der Waals surface area contributed by atoms with Crippen molar-refractivity contribution >= 4 is 23.5 Å². The van der Waals surface area contributed by atoms with Crippen LogP contribution in [-0.2, 0) is 0 Å². The molecule has 3 aromatic rings. The van der Waals surface area contributed by atoms with Crippen molar-refractivity contribution in [3.63, 3.8) is 0 Å². The van der Waals surface area contributed by atoms with E-state index in [0.717, 1.165) is 12.3 Å². The average molecular weight is 395 g/mol. The fourth-order valence-corrected chi connectivity index (χ4v) is 2.58. The number of benzene rings is 2. The maximum absolute atomic E-state index is 12.5. The molecule has 0 bridgehead atoms. The van der Waals surface area contributed by atoms with E-state index in [-0.39, 0.29) is 5.56 Å². The highest BCUT2D eigenvalue weighted by Gasteiger charge is 2.23. The number of aromatic nitrogens is 1. The number of para-hydroxylation sites is 1. The van der Waals surface area contributed by atoms with E-state index in [9.17, 15) is 30.1 Å². The maximum atomic E-state index is 12.5. The minimum atomic E-state index is -0.953. The number of nitrogens with zero attached hydrogens (tertiary/aromatic N) is 4. The van der Waals surface area contributed by atoms with E-state index in [2.05, 4.69) is 10.5 Å². The Balaban J connectivity index is 1.87. The van der Waals surface area contributed by atoms with E-state index in [1.165, 1.54) is 0 Å². The lowest BCUT2D eigenvalue weighted by atomic mass is 10.1. The molecule has 0 atom stereocenters. The number of hydrazone groups is 1. The molecule has 0 aliphatic carbocycles. The summed E-state index contributed by atoms with van der Waals surface area (Å²) in [6.45, 7) is 0. The summed E-state index contributed by atoms with van der Waals surface area (Å²) in [5.74, 6) is -1.38. The SMILES string of the molecule is O=C(N/N=C/c1cc([N+](=O)[O-])cc([N+](=O)[O-])c1O)c1ccccc1-n1cccc1. The van der Waals surface area contributed by atoms with Gasteiger partial charge in [-0.3, -0.25) is 25.0 Å². The second kappa shape index (κ2) is 8.00. The van der Waals surface area contributed by atoms with Crippen molar-refractivity contribution in [2.24, 2.45) is 5.10 Å². The minimum Gasteiger partial charge on any atom is -0.502 e. The predicted molar refractivity (Wildman–Crippen MR) is 102 cm³/mol. The normalized spacial score (nSPS) is 10.8. The number of nitrogens with one attached hydrogen (secondary N) is 1. The lowest BCUT2D eigenvalue weighted by Gasteiger charge is -2.09. The van der Waals surface area contributed by atoms with Crippen LogP contribution in [0.5, 0.6) is 5.75 Å². The second-order valence-electron chi connectivity index (χ2n) is 5.72. The lowest BCUT2D eigenvalue weighted by molar-refractivity contribution is -0.394. The Morgan fingerprint density at radius 3 is 2.41 bits per heavy atom. The largest absolute Gasteiger partial charge is 0.502 e. The number of nitro groups is 2. The summed E-state index contributed by atoms with van der Waals surface area (Å²) in [7, 11) is 0.